The molecule has 0 unspecified atom stereocenters. The van der Waals surface area contributed by atoms with Crippen molar-refractivity contribution < 1.29 is 32.8 Å². The average molecular weight is 424 g/mol. The molecule has 1 aliphatic carbocycles. The number of aliphatic hydroxyl groups excluding tert-OH is 1. The van der Waals surface area contributed by atoms with Gasteiger partial charge in [-0.1, -0.05) is 24.3 Å². The molecular weight excluding hydrogens is 399 g/mol. The van der Waals surface area contributed by atoms with Crippen LogP contribution in [0.1, 0.15) is 36.3 Å². The first-order chi connectivity index (χ1) is 14.3. The highest BCUT2D eigenvalue weighted by atomic mass is 19.4. The molecule has 3 heterocycles. The molecule has 9 heteroatoms. The number of carbonyl (C=O) groups excluding carboxylic acids is 1. The number of piperidine rings is 1. The van der Waals surface area contributed by atoms with E-state index >= 15 is 0 Å². The number of hydrogen-bond donors (Lipinski definition) is 2. The van der Waals surface area contributed by atoms with E-state index in [4.69, 9.17) is 4.74 Å². The van der Waals surface area contributed by atoms with Gasteiger partial charge >= 0.3 is 18.1 Å². The van der Waals surface area contributed by atoms with Gasteiger partial charge in [0.05, 0.1) is 12.0 Å². The number of carbonyl (C=O) groups is 1. The number of alkyl halides is 3. The second kappa shape index (κ2) is 6.87. The zero-order valence-electron chi connectivity index (χ0n) is 16.5. The van der Waals surface area contributed by atoms with E-state index in [1.54, 1.807) is 34.1 Å². The van der Waals surface area contributed by atoms with Crippen molar-refractivity contribution in [1.29, 1.82) is 0 Å². The van der Waals surface area contributed by atoms with Crippen molar-refractivity contribution in [3.63, 3.8) is 0 Å². The van der Waals surface area contributed by atoms with Gasteiger partial charge in [-0.2, -0.15) is 13.2 Å². The number of amides is 2. The van der Waals surface area contributed by atoms with Crippen LogP contribution < -0.4 is 4.99 Å². The third-order valence-corrected chi connectivity index (χ3v) is 6.99. The summed E-state index contributed by atoms with van der Waals surface area (Å²) in [5.41, 5.74) is -0.334. The number of ether oxygens (including phenoxy) is 1. The fourth-order valence-corrected chi connectivity index (χ4v) is 4.86. The molecule has 0 bridgehead atoms. The molecule has 2 N–H and O–H groups in total. The van der Waals surface area contributed by atoms with Crippen molar-refractivity contribution in [3.8, 4) is 0 Å². The number of likely N-dealkylation sites (tertiary alicyclic amines) is 2. The minimum atomic E-state index is -4.20. The molecule has 1 aromatic carbocycles. The number of nitrogens with zero attached hydrogens (tertiary/aromatic N) is 2. The Balaban J connectivity index is 1.18. The first kappa shape index (κ1) is 19.7. The molecule has 4 aliphatic rings. The van der Waals surface area contributed by atoms with Crippen LogP contribution in [0.3, 0.4) is 0 Å². The summed E-state index contributed by atoms with van der Waals surface area (Å²) in [7, 11) is 0. The topological polar surface area (TPSA) is 67.0 Å². The average Bonchev–Trinajstić information content (AvgIpc) is 3.49. The van der Waals surface area contributed by atoms with E-state index in [9.17, 15) is 23.1 Å². The van der Waals surface area contributed by atoms with E-state index in [-0.39, 0.29) is 49.4 Å². The second-order valence-electron chi connectivity index (χ2n) is 8.87. The van der Waals surface area contributed by atoms with Gasteiger partial charge in [0.1, 0.15) is 6.10 Å². The Hall–Kier alpha value is -2.29. The minimum Gasteiger partial charge on any atom is -0.462 e. The first-order valence-corrected chi connectivity index (χ1v) is 10.4. The lowest BCUT2D eigenvalue weighted by molar-refractivity contribution is -0.541. The number of fused-ring (bicyclic) bond motifs is 1. The van der Waals surface area contributed by atoms with E-state index < -0.39 is 11.6 Å². The summed E-state index contributed by atoms with van der Waals surface area (Å²) >= 11 is 0. The van der Waals surface area contributed by atoms with Crippen molar-refractivity contribution >= 4 is 11.9 Å². The van der Waals surface area contributed by atoms with Crippen molar-refractivity contribution in [2.24, 2.45) is 0 Å². The van der Waals surface area contributed by atoms with Crippen LogP contribution >= 0.6 is 0 Å². The van der Waals surface area contributed by atoms with Crippen LogP contribution in [0.25, 0.3) is 0 Å². The van der Waals surface area contributed by atoms with Crippen LogP contribution in [-0.2, 0) is 10.2 Å². The largest absolute Gasteiger partial charge is 0.462 e. The highest BCUT2D eigenvalue weighted by Crippen LogP contribution is 2.58. The van der Waals surface area contributed by atoms with Crippen LogP contribution in [0, 0.1) is 0 Å². The smallest absolute Gasteiger partial charge is 0.398 e. The highest BCUT2D eigenvalue weighted by molar-refractivity contribution is 5.76. The Morgan fingerprint density at radius 1 is 1.13 bits per heavy atom. The van der Waals surface area contributed by atoms with Gasteiger partial charge in [0.25, 0.3) is 0 Å². The van der Waals surface area contributed by atoms with Gasteiger partial charge in [-0.3, -0.25) is 0 Å². The van der Waals surface area contributed by atoms with Crippen molar-refractivity contribution in [3.05, 3.63) is 35.4 Å². The third-order valence-electron chi connectivity index (χ3n) is 6.99. The quantitative estimate of drug-likeness (QED) is 0.753. The summed E-state index contributed by atoms with van der Waals surface area (Å²) in [5.74, 6) is 0.242. The zero-order chi connectivity index (χ0) is 21.1. The zero-order valence-corrected chi connectivity index (χ0v) is 16.5. The monoisotopic (exact) mass is 424 g/mol. The van der Waals surface area contributed by atoms with Crippen molar-refractivity contribution in [1.82, 2.24) is 9.80 Å². The van der Waals surface area contributed by atoms with Crippen molar-refractivity contribution in [2.45, 2.75) is 48.9 Å². The number of halogens is 3. The molecule has 3 fully saturated rings. The third kappa shape index (κ3) is 3.23. The summed E-state index contributed by atoms with van der Waals surface area (Å²) in [6.45, 7) is 2.40. The Labute approximate surface area is 172 Å². The van der Waals surface area contributed by atoms with Gasteiger partial charge in [0, 0.05) is 25.6 Å². The molecule has 2 atom stereocenters. The van der Waals surface area contributed by atoms with Gasteiger partial charge in [-0.05, 0) is 30.4 Å². The molecule has 30 heavy (non-hydrogen) atoms. The van der Waals surface area contributed by atoms with E-state index in [0.717, 1.165) is 12.0 Å². The molecule has 6 nitrogen and oxygen atoms in total. The van der Waals surface area contributed by atoms with E-state index in [1.165, 1.54) is 0 Å². The Kier molecular flexibility index (Phi) is 4.50. The second-order valence-corrected chi connectivity index (χ2v) is 8.87. The van der Waals surface area contributed by atoms with Crippen LogP contribution in [0.5, 0.6) is 0 Å². The summed E-state index contributed by atoms with van der Waals surface area (Å²) in [6.07, 6.45) is -3.16. The van der Waals surface area contributed by atoms with Gasteiger partial charge in [0.2, 0.25) is 0 Å². The lowest BCUT2D eigenvalue weighted by Gasteiger charge is -2.44. The summed E-state index contributed by atoms with van der Waals surface area (Å²) in [6, 6.07) is 6.61. The lowest BCUT2D eigenvalue weighted by atomic mass is 9.88. The molecule has 1 saturated carbocycles. The van der Waals surface area contributed by atoms with Crippen LogP contribution in [0.2, 0.25) is 0 Å². The molecule has 2 saturated heterocycles. The van der Waals surface area contributed by atoms with Crippen LogP contribution in [0.4, 0.5) is 18.0 Å². The minimum absolute atomic E-state index is 0.000868. The first-order valence-electron chi connectivity index (χ1n) is 10.4. The SMILES string of the molecule is O=C(N1CC(c2ccc(C3(C(F)(F)F)CC3)cc2)C1)N1CC[C@H]2OCC(O)=[NH+][C@@H]2C1. The number of hydrogen-bond acceptors (Lipinski definition) is 2. The number of rotatable bonds is 2. The van der Waals surface area contributed by atoms with Gasteiger partial charge in [-0.25, -0.2) is 9.79 Å². The predicted octanol–water partition coefficient (Wildman–Crippen LogP) is 1.31. The summed E-state index contributed by atoms with van der Waals surface area (Å²) in [5, 5.41) is 9.62. The van der Waals surface area contributed by atoms with E-state index in [2.05, 4.69) is 4.99 Å². The lowest BCUT2D eigenvalue weighted by Crippen LogP contribution is -2.89. The molecule has 0 aromatic heterocycles. The molecular formula is C21H25F3N3O3+. The van der Waals surface area contributed by atoms with Gasteiger partial charge in [0.15, 0.2) is 12.6 Å². The Morgan fingerprint density at radius 2 is 1.83 bits per heavy atom. The molecule has 162 valence electrons. The molecule has 1 aromatic rings. The van der Waals surface area contributed by atoms with Gasteiger partial charge in [-0.15, -0.1) is 0 Å². The number of urea groups is 1. The molecule has 3 aliphatic heterocycles. The summed E-state index contributed by atoms with van der Waals surface area (Å²) < 4.78 is 45.4. The molecule has 0 spiro atoms. The van der Waals surface area contributed by atoms with Crippen molar-refractivity contribution in [2.75, 3.05) is 32.8 Å². The van der Waals surface area contributed by atoms with Crippen LogP contribution in [-0.4, -0.2) is 77.9 Å². The summed E-state index contributed by atoms with van der Waals surface area (Å²) in [4.78, 5) is 19.3. The van der Waals surface area contributed by atoms with Gasteiger partial charge < -0.3 is 19.6 Å². The maximum atomic E-state index is 13.3. The van der Waals surface area contributed by atoms with E-state index in [1.807, 2.05) is 0 Å². The maximum Gasteiger partial charge on any atom is 0.398 e. The Bertz CT molecular complexity index is 860. The fraction of sp³-hybridized carbons (Fsp3) is 0.619. The van der Waals surface area contributed by atoms with E-state index in [0.29, 0.717) is 31.7 Å². The molecule has 0 radical (unpaired) electrons. The highest BCUT2D eigenvalue weighted by Gasteiger charge is 2.64. The fourth-order valence-electron chi connectivity index (χ4n) is 4.86. The maximum absolute atomic E-state index is 13.3. The Morgan fingerprint density at radius 3 is 2.47 bits per heavy atom. The molecule has 2 amide bonds. The number of benzene rings is 1. The number of nitrogens with one attached hydrogen (secondary N) is 1. The standard InChI is InChI=1S/C21H24F3N3O3/c22-21(23,24)20(6-7-20)15-3-1-13(2-4-15)14-9-27(10-14)19(29)26-8-5-17-16(11-26)25-18(28)12-30-17/h1-4,14,16-17H,5-12H2,(H,25,28)/p+1/t16-,17-/m1/s1. The predicted molar refractivity (Wildman–Crippen MR) is 101 cm³/mol. The number of aliphatic hydroxyl groups is 1. The normalized spacial score (nSPS) is 28.4. The molecule has 5 rings (SSSR count). The van der Waals surface area contributed by atoms with Crippen LogP contribution in [0.15, 0.2) is 24.3 Å².